The third-order valence-electron chi connectivity index (χ3n) is 9.38. The van der Waals surface area contributed by atoms with E-state index in [2.05, 4.69) is 13.2 Å². The molecule has 3 saturated heterocycles. The molecule has 3 fully saturated rings. The Labute approximate surface area is 255 Å². The van der Waals surface area contributed by atoms with Crippen LogP contribution in [0.4, 0.5) is 5.69 Å². The molecule has 230 valence electrons. The number of carbonyl (C=O) groups is 3. The number of hydrogen-bond acceptors (Lipinski definition) is 5. The number of anilines is 1. The maximum atomic E-state index is 14.9. The number of rotatable bonds is 13. The van der Waals surface area contributed by atoms with E-state index in [1.165, 1.54) is 0 Å². The second kappa shape index (κ2) is 12.6. The lowest BCUT2D eigenvalue weighted by atomic mass is 9.70. The first-order valence-electron chi connectivity index (χ1n) is 15.6. The Hall–Kier alpha value is -3.49. The van der Waals surface area contributed by atoms with Gasteiger partial charge < -0.3 is 24.5 Å². The lowest BCUT2D eigenvalue weighted by Crippen LogP contribution is -2.59. The molecule has 2 aromatic rings. The molecule has 3 heterocycles. The number of aliphatic hydroxyl groups excluding tert-OH is 1. The van der Waals surface area contributed by atoms with Crippen molar-refractivity contribution in [3.63, 3.8) is 0 Å². The summed E-state index contributed by atoms with van der Waals surface area (Å²) in [5, 5.41) is 12.7. The van der Waals surface area contributed by atoms with Gasteiger partial charge in [-0.05, 0) is 54.5 Å². The third kappa shape index (κ3) is 5.29. The lowest BCUT2D eigenvalue weighted by Gasteiger charge is -2.39. The van der Waals surface area contributed by atoms with E-state index in [4.69, 9.17) is 4.74 Å². The van der Waals surface area contributed by atoms with Crippen molar-refractivity contribution in [3.8, 4) is 0 Å². The summed E-state index contributed by atoms with van der Waals surface area (Å²) in [5.41, 5.74) is -0.452. The SMILES string of the molecule is C=CCN(CCC)C(=O)[C@@H]1[C@@H]2CCC3(O2)C(C(=O)N(CC=C)c2ccc4ccccc4c2)N([C@@H](CO)CC(C)C)C(=O)[C@H]13. The predicted molar refractivity (Wildman–Crippen MR) is 168 cm³/mol. The molecule has 5 rings (SSSR count). The van der Waals surface area contributed by atoms with Crippen molar-refractivity contribution in [1.82, 2.24) is 9.80 Å². The number of nitrogens with zero attached hydrogens (tertiary/aromatic N) is 3. The molecule has 2 bridgehead atoms. The number of carbonyl (C=O) groups excluding carboxylic acids is 3. The Bertz CT molecular complexity index is 1390. The first-order chi connectivity index (χ1) is 20.7. The van der Waals surface area contributed by atoms with Crippen LogP contribution in [0.2, 0.25) is 0 Å². The molecule has 43 heavy (non-hydrogen) atoms. The molecule has 0 saturated carbocycles. The van der Waals surface area contributed by atoms with E-state index >= 15 is 0 Å². The fourth-order valence-corrected chi connectivity index (χ4v) is 7.74. The smallest absolute Gasteiger partial charge is 0.253 e. The molecule has 3 aliphatic rings. The summed E-state index contributed by atoms with van der Waals surface area (Å²) in [5.74, 6) is -1.98. The molecule has 6 atom stereocenters. The second-order valence-corrected chi connectivity index (χ2v) is 12.6. The Morgan fingerprint density at radius 1 is 1.12 bits per heavy atom. The average Bonchev–Trinajstić information content (AvgIpc) is 3.65. The van der Waals surface area contributed by atoms with Crippen LogP contribution in [0, 0.1) is 17.8 Å². The van der Waals surface area contributed by atoms with Gasteiger partial charge in [-0.1, -0.05) is 63.3 Å². The molecular formula is C35H45N3O5. The zero-order valence-electron chi connectivity index (χ0n) is 25.7. The minimum Gasteiger partial charge on any atom is -0.394 e. The first-order valence-corrected chi connectivity index (χ1v) is 15.6. The van der Waals surface area contributed by atoms with Crippen LogP contribution in [0.1, 0.15) is 46.5 Å². The minimum absolute atomic E-state index is 0.124. The predicted octanol–water partition coefficient (Wildman–Crippen LogP) is 4.57. The Kier molecular flexibility index (Phi) is 9.09. The number of benzene rings is 2. The molecule has 0 aromatic heterocycles. The summed E-state index contributed by atoms with van der Waals surface area (Å²) >= 11 is 0. The second-order valence-electron chi connectivity index (χ2n) is 12.6. The third-order valence-corrected chi connectivity index (χ3v) is 9.38. The maximum Gasteiger partial charge on any atom is 0.253 e. The van der Waals surface area contributed by atoms with Crippen LogP contribution >= 0.6 is 0 Å². The zero-order chi connectivity index (χ0) is 30.9. The van der Waals surface area contributed by atoms with Gasteiger partial charge in [0.15, 0.2) is 0 Å². The van der Waals surface area contributed by atoms with E-state index in [9.17, 15) is 19.5 Å². The summed E-state index contributed by atoms with van der Waals surface area (Å²) < 4.78 is 6.70. The van der Waals surface area contributed by atoms with Crippen LogP contribution in [-0.2, 0) is 19.1 Å². The van der Waals surface area contributed by atoms with Gasteiger partial charge in [0.1, 0.15) is 11.6 Å². The number of fused-ring (bicyclic) bond motifs is 2. The van der Waals surface area contributed by atoms with Crippen molar-refractivity contribution in [1.29, 1.82) is 0 Å². The highest BCUT2D eigenvalue weighted by Crippen LogP contribution is 2.59. The van der Waals surface area contributed by atoms with E-state index in [-0.39, 0.29) is 36.8 Å². The van der Waals surface area contributed by atoms with Gasteiger partial charge in [0.25, 0.3) is 5.91 Å². The quantitative estimate of drug-likeness (QED) is 0.347. The number of aliphatic hydroxyl groups is 1. The highest BCUT2D eigenvalue weighted by atomic mass is 16.5. The van der Waals surface area contributed by atoms with Crippen molar-refractivity contribution in [2.45, 2.75) is 70.2 Å². The van der Waals surface area contributed by atoms with E-state index in [1.807, 2.05) is 63.2 Å². The lowest BCUT2D eigenvalue weighted by molar-refractivity contribution is -0.147. The summed E-state index contributed by atoms with van der Waals surface area (Å²) in [6.45, 7) is 14.7. The summed E-state index contributed by atoms with van der Waals surface area (Å²) in [6.07, 6.45) is 5.34. The molecule has 0 radical (unpaired) electrons. The minimum atomic E-state index is -1.15. The topological polar surface area (TPSA) is 90.4 Å². The Morgan fingerprint density at radius 2 is 1.84 bits per heavy atom. The molecule has 0 aliphatic carbocycles. The van der Waals surface area contributed by atoms with Crippen LogP contribution in [0.25, 0.3) is 10.8 Å². The van der Waals surface area contributed by atoms with Crippen LogP contribution < -0.4 is 4.90 Å². The van der Waals surface area contributed by atoms with E-state index < -0.39 is 35.6 Å². The first kappa shape index (κ1) is 31.0. The van der Waals surface area contributed by atoms with Gasteiger partial charge >= 0.3 is 0 Å². The van der Waals surface area contributed by atoms with Crippen molar-refractivity contribution in [3.05, 3.63) is 67.8 Å². The molecule has 1 N–H and O–H groups in total. The Balaban J connectivity index is 1.60. The van der Waals surface area contributed by atoms with Crippen LogP contribution in [0.5, 0.6) is 0 Å². The van der Waals surface area contributed by atoms with Crippen molar-refractivity contribution < 1.29 is 24.2 Å². The monoisotopic (exact) mass is 587 g/mol. The maximum absolute atomic E-state index is 14.9. The summed E-state index contributed by atoms with van der Waals surface area (Å²) in [4.78, 5) is 48.5. The van der Waals surface area contributed by atoms with Crippen LogP contribution in [0.3, 0.4) is 0 Å². The van der Waals surface area contributed by atoms with Gasteiger partial charge in [-0.25, -0.2) is 0 Å². The van der Waals surface area contributed by atoms with Crippen LogP contribution in [0.15, 0.2) is 67.8 Å². The van der Waals surface area contributed by atoms with E-state index in [0.717, 1.165) is 17.2 Å². The summed E-state index contributed by atoms with van der Waals surface area (Å²) in [6, 6.07) is 12.3. The molecule has 1 spiro atoms. The van der Waals surface area contributed by atoms with Crippen molar-refractivity contribution in [2.24, 2.45) is 17.8 Å². The summed E-state index contributed by atoms with van der Waals surface area (Å²) in [7, 11) is 0. The number of hydrogen-bond donors (Lipinski definition) is 1. The largest absolute Gasteiger partial charge is 0.394 e. The van der Waals surface area contributed by atoms with Gasteiger partial charge in [0.2, 0.25) is 11.8 Å². The van der Waals surface area contributed by atoms with E-state index in [0.29, 0.717) is 38.0 Å². The number of ether oxygens (including phenoxy) is 1. The fraction of sp³-hybridized carbons (Fsp3) is 0.514. The number of likely N-dealkylation sites (tertiary alicyclic amines) is 1. The van der Waals surface area contributed by atoms with Gasteiger partial charge in [-0.3, -0.25) is 14.4 Å². The van der Waals surface area contributed by atoms with Crippen LogP contribution in [-0.4, -0.2) is 82.7 Å². The average molecular weight is 588 g/mol. The zero-order valence-corrected chi connectivity index (χ0v) is 25.7. The molecule has 3 aliphatic heterocycles. The Morgan fingerprint density at radius 3 is 2.49 bits per heavy atom. The fourth-order valence-electron chi connectivity index (χ4n) is 7.74. The van der Waals surface area contributed by atoms with Gasteiger partial charge in [0.05, 0.1) is 30.6 Å². The molecular weight excluding hydrogens is 542 g/mol. The van der Waals surface area contributed by atoms with Gasteiger partial charge in [-0.15, -0.1) is 13.2 Å². The number of amides is 3. The van der Waals surface area contributed by atoms with Gasteiger partial charge in [-0.2, -0.15) is 0 Å². The standard InChI is InChI=1S/C35H45N3O5/c1-6-17-36(18-7-2)32(40)29-28-15-16-35(43-28)30(29)33(41)38(27(22-39)20-23(4)5)31(35)34(42)37(19-8-3)26-14-13-24-11-9-10-12-25(24)21-26/h6,8-14,21,23,27-31,39H,1,3,7,15-20,22H2,2,4-5H3/t27-,28+,29-,30+,31?,35?/m1/s1. The molecule has 2 unspecified atom stereocenters. The van der Waals surface area contributed by atoms with E-state index in [1.54, 1.807) is 26.9 Å². The molecule has 3 amide bonds. The van der Waals surface area contributed by atoms with Gasteiger partial charge in [0, 0.05) is 25.3 Å². The molecule has 8 nitrogen and oxygen atoms in total. The normalized spacial score (nSPS) is 26.5. The molecule has 2 aromatic carbocycles. The van der Waals surface area contributed by atoms with Crippen molar-refractivity contribution in [2.75, 3.05) is 31.1 Å². The van der Waals surface area contributed by atoms with Crippen molar-refractivity contribution >= 4 is 34.2 Å². The highest BCUT2D eigenvalue weighted by Gasteiger charge is 2.75. The molecule has 8 heteroatoms. The highest BCUT2D eigenvalue weighted by molar-refractivity contribution is 6.06.